The Morgan fingerprint density at radius 1 is 0.978 bits per heavy atom. The number of amides is 2. The van der Waals surface area contributed by atoms with Crippen molar-refractivity contribution >= 4 is 29.0 Å². The van der Waals surface area contributed by atoms with Gasteiger partial charge in [-0.15, -0.1) is 0 Å². The molecule has 0 spiro atoms. The first kappa shape index (κ1) is 33.3. The van der Waals surface area contributed by atoms with Crippen LogP contribution in [0.3, 0.4) is 0 Å². The van der Waals surface area contributed by atoms with Crippen molar-refractivity contribution in [2.75, 3.05) is 62.5 Å². The lowest BCUT2D eigenvalue weighted by molar-refractivity contribution is -0.206. The third kappa shape index (κ3) is 8.53. The smallest absolute Gasteiger partial charge is 0.322 e. The highest BCUT2D eigenvalue weighted by Gasteiger charge is 2.53. The van der Waals surface area contributed by atoms with E-state index in [1.54, 1.807) is 38.5 Å². The quantitative estimate of drug-likeness (QED) is 0.180. The number of ether oxygens (including phenoxy) is 2. The van der Waals surface area contributed by atoms with Crippen molar-refractivity contribution in [1.29, 1.82) is 0 Å². The fourth-order valence-corrected chi connectivity index (χ4v) is 4.83. The summed E-state index contributed by atoms with van der Waals surface area (Å²) in [5, 5.41) is 12.5. The summed E-state index contributed by atoms with van der Waals surface area (Å²) >= 11 is 0. The molecule has 10 nitrogen and oxygen atoms in total. The van der Waals surface area contributed by atoms with E-state index in [2.05, 4.69) is 27.4 Å². The lowest BCUT2D eigenvalue weighted by Crippen LogP contribution is -2.53. The molecule has 2 amide bonds. The number of aromatic amines is 1. The molecule has 0 saturated carbocycles. The van der Waals surface area contributed by atoms with Crippen LogP contribution in [0.2, 0.25) is 0 Å². The second kappa shape index (κ2) is 14.0. The van der Waals surface area contributed by atoms with Gasteiger partial charge < -0.3 is 25.0 Å². The van der Waals surface area contributed by atoms with Crippen LogP contribution in [-0.4, -0.2) is 85.7 Å². The predicted octanol–water partition coefficient (Wildman–Crippen LogP) is 5.00. The second-order valence-corrected chi connectivity index (χ2v) is 10.7. The second-order valence-electron chi connectivity index (χ2n) is 10.7. The Morgan fingerprint density at radius 2 is 1.64 bits per heavy atom. The summed E-state index contributed by atoms with van der Waals surface area (Å²) in [6.07, 6.45) is 2.32. The number of nitrogens with zero attached hydrogens (tertiary/aromatic N) is 3. The van der Waals surface area contributed by atoms with Gasteiger partial charge in [-0.1, -0.05) is 6.58 Å². The number of piperazine rings is 1. The van der Waals surface area contributed by atoms with Crippen LogP contribution in [0.15, 0.2) is 55.1 Å². The Kier molecular flexibility index (Phi) is 10.4. The standard InChI is InChI=1S/C31H36F4N6O4/c1-5-28(42)36-26-17-22(41-12-10-40(11-13-41)19-31(34,35)30(2,32)33)8-9-25(26)29(43)37-27-16-21(38-39-27)7-6-20-14-23(44-3)18-24(15-20)45-4/h5,8-9,14-18H,1,6-7,10-13,19H2,2-4H3,(H,36,42)(H2,37,38,39,43). The van der Waals surface area contributed by atoms with Crippen molar-refractivity contribution in [2.45, 2.75) is 31.6 Å². The first-order chi connectivity index (χ1) is 21.3. The Morgan fingerprint density at radius 3 is 2.24 bits per heavy atom. The lowest BCUT2D eigenvalue weighted by Gasteiger charge is -2.38. The summed E-state index contributed by atoms with van der Waals surface area (Å²) in [5.74, 6) is -7.69. The van der Waals surface area contributed by atoms with E-state index in [0.29, 0.717) is 30.0 Å². The molecule has 1 fully saturated rings. The van der Waals surface area contributed by atoms with Gasteiger partial charge in [0.05, 0.1) is 32.0 Å². The third-order valence-electron chi connectivity index (χ3n) is 7.46. The van der Waals surface area contributed by atoms with Gasteiger partial charge in [0.2, 0.25) is 5.91 Å². The summed E-state index contributed by atoms with van der Waals surface area (Å²) in [5.41, 5.74) is 2.76. The fourth-order valence-electron chi connectivity index (χ4n) is 4.83. The molecule has 45 heavy (non-hydrogen) atoms. The summed E-state index contributed by atoms with van der Waals surface area (Å²) in [6.45, 7) is 3.46. The Balaban J connectivity index is 1.42. The number of carbonyl (C=O) groups excluding carboxylic acids is 2. The van der Waals surface area contributed by atoms with Crippen molar-refractivity contribution in [1.82, 2.24) is 15.1 Å². The van der Waals surface area contributed by atoms with Gasteiger partial charge in [0.1, 0.15) is 11.5 Å². The number of hydrogen-bond donors (Lipinski definition) is 3. The van der Waals surface area contributed by atoms with Crippen LogP contribution < -0.4 is 25.0 Å². The molecule has 1 aliphatic heterocycles. The zero-order valence-electron chi connectivity index (χ0n) is 25.3. The van der Waals surface area contributed by atoms with Gasteiger partial charge in [-0.2, -0.15) is 13.9 Å². The molecule has 1 aliphatic rings. The molecule has 0 bridgehead atoms. The number of halogens is 4. The van der Waals surface area contributed by atoms with Crippen LogP contribution in [0.4, 0.5) is 34.8 Å². The number of carbonyl (C=O) groups is 2. The average Bonchev–Trinajstić information content (AvgIpc) is 3.46. The van der Waals surface area contributed by atoms with Crippen LogP contribution in [0.25, 0.3) is 0 Å². The van der Waals surface area contributed by atoms with Crippen molar-refractivity contribution in [2.24, 2.45) is 0 Å². The zero-order chi connectivity index (χ0) is 32.8. The summed E-state index contributed by atoms with van der Waals surface area (Å²) in [6, 6.07) is 12.1. The number of aryl methyl sites for hydroxylation is 2. The number of hydrogen-bond acceptors (Lipinski definition) is 7. The van der Waals surface area contributed by atoms with Crippen LogP contribution in [0, 0.1) is 0 Å². The largest absolute Gasteiger partial charge is 0.497 e. The Hall–Kier alpha value is -4.59. The number of rotatable bonds is 13. The van der Waals surface area contributed by atoms with E-state index in [4.69, 9.17) is 9.47 Å². The summed E-state index contributed by atoms with van der Waals surface area (Å²) in [7, 11) is 3.16. The van der Waals surface area contributed by atoms with Crippen LogP contribution >= 0.6 is 0 Å². The van der Waals surface area contributed by atoms with E-state index in [0.717, 1.165) is 17.3 Å². The normalized spacial score (nSPS) is 14.2. The molecule has 1 aromatic heterocycles. The molecule has 1 saturated heterocycles. The Bertz CT molecular complexity index is 1490. The van der Waals surface area contributed by atoms with Crippen LogP contribution in [-0.2, 0) is 17.6 Å². The molecular weight excluding hydrogens is 596 g/mol. The fraction of sp³-hybridized carbons (Fsp3) is 0.387. The van der Waals surface area contributed by atoms with Gasteiger partial charge in [-0.25, -0.2) is 8.78 Å². The number of nitrogens with one attached hydrogen (secondary N) is 3. The maximum Gasteiger partial charge on any atom is 0.322 e. The molecule has 0 unspecified atom stereocenters. The molecule has 3 N–H and O–H groups in total. The summed E-state index contributed by atoms with van der Waals surface area (Å²) in [4.78, 5) is 28.6. The minimum absolute atomic E-state index is 0.134. The van der Waals surface area contributed by atoms with E-state index in [9.17, 15) is 27.2 Å². The topological polar surface area (TPSA) is 112 Å². The summed E-state index contributed by atoms with van der Waals surface area (Å²) < 4.78 is 65.0. The molecule has 242 valence electrons. The monoisotopic (exact) mass is 632 g/mol. The molecule has 3 aromatic rings. The van der Waals surface area contributed by atoms with Crippen LogP contribution in [0.1, 0.15) is 28.5 Å². The Labute approximate surface area is 258 Å². The SMILES string of the molecule is C=CC(=O)Nc1cc(N2CCN(CC(F)(F)C(C)(F)F)CC2)ccc1C(=O)Nc1cc(CCc2cc(OC)cc(OC)c2)[nH]n1. The first-order valence-corrected chi connectivity index (χ1v) is 14.2. The average molecular weight is 633 g/mol. The van der Waals surface area contributed by atoms with E-state index in [-0.39, 0.29) is 50.2 Å². The number of aromatic nitrogens is 2. The minimum atomic E-state index is -4.15. The molecule has 4 rings (SSSR count). The number of H-pyrrole nitrogens is 1. The number of benzene rings is 2. The molecule has 14 heteroatoms. The highest BCUT2D eigenvalue weighted by atomic mass is 19.3. The van der Waals surface area contributed by atoms with Crippen LogP contribution in [0.5, 0.6) is 11.5 Å². The van der Waals surface area contributed by atoms with E-state index in [1.807, 2.05) is 17.0 Å². The molecule has 2 heterocycles. The van der Waals surface area contributed by atoms with Gasteiger partial charge in [0.15, 0.2) is 5.82 Å². The van der Waals surface area contributed by atoms with Crippen molar-refractivity contribution in [3.05, 3.63) is 71.9 Å². The lowest BCUT2D eigenvalue weighted by atomic mass is 10.1. The van der Waals surface area contributed by atoms with Gasteiger partial charge in [-0.3, -0.25) is 19.6 Å². The highest BCUT2D eigenvalue weighted by Crippen LogP contribution is 2.35. The molecule has 2 aromatic carbocycles. The van der Waals surface area contributed by atoms with Crippen molar-refractivity contribution in [3.8, 4) is 11.5 Å². The van der Waals surface area contributed by atoms with Crippen molar-refractivity contribution < 1.29 is 36.6 Å². The van der Waals surface area contributed by atoms with Gasteiger partial charge in [0, 0.05) is 56.6 Å². The molecule has 0 atom stereocenters. The van der Waals surface area contributed by atoms with Gasteiger partial charge in [0.25, 0.3) is 5.91 Å². The molecule has 0 aliphatic carbocycles. The van der Waals surface area contributed by atoms with Gasteiger partial charge in [-0.05, 0) is 54.8 Å². The maximum absolute atomic E-state index is 13.9. The molecular formula is C31H36F4N6O4. The van der Waals surface area contributed by atoms with E-state index < -0.39 is 30.2 Å². The number of anilines is 3. The first-order valence-electron chi connectivity index (χ1n) is 14.2. The van der Waals surface area contributed by atoms with E-state index in [1.165, 1.54) is 11.0 Å². The number of methoxy groups -OCH3 is 2. The number of alkyl halides is 4. The highest BCUT2D eigenvalue weighted by molar-refractivity contribution is 6.11. The van der Waals surface area contributed by atoms with E-state index >= 15 is 0 Å². The van der Waals surface area contributed by atoms with Crippen molar-refractivity contribution in [3.63, 3.8) is 0 Å². The minimum Gasteiger partial charge on any atom is -0.497 e. The molecule has 0 radical (unpaired) electrons. The predicted molar refractivity (Wildman–Crippen MR) is 163 cm³/mol. The maximum atomic E-state index is 13.9. The third-order valence-corrected chi connectivity index (χ3v) is 7.46. The van der Waals surface area contributed by atoms with Gasteiger partial charge >= 0.3 is 11.8 Å². The zero-order valence-corrected chi connectivity index (χ0v) is 25.3.